The van der Waals surface area contributed by atoms with Crippen molar-refractivity contribution in [1.29, 1.82) is 0 Å². The number of anilines is 1. The van der Waals surface area contributed by atoms with Gasteiger partial charge in [0, 0.05) is 37.6 Å². The molecular weight excluding hydrogens is 327 g/mol. The largest absolute Gasteiger partial charge is 0.381 e. The molecule has 1 aromatic heterocycles. The van der Waals surface area contributed by atoms with Crippen molar-refractivity contribution in [2.24, 2.45) is 0 Å². The van der Waals surface area contributed by atoms with Crippen molar-refractivity contribution in [3.8, 4) is 0 Å². The minimum atomic E-state index is -0.229. The Hall–Kier alpha value is -2.12. The molecule has 2 aromatic rings. The maximum Gasteiger partial charge on any atom is 0.228 e. The van der Waals surface area contributed by atoms with E-state index in [1.165, 1.54) is 12.1 Å². The average Bonchev–Trinajstić information content (AvgIpc) is 2.62. The van der Waals surface area contributed by atoms with Gasteiger partial charge in [0.15, 0.2) is 5.11 Å². The first kappa shape index (κ1) is 16.7. The average molecular weight is 346 g/mol. The zero-order valence-corrected chi connectivity index (χ0v) is 14.0. The van der Waals surface area contributed by atoms with Crippen LogP contribution in [0.25, 0.3) is 0 Å². The van der Waals surface area contributed by atoms with Gasteiger partial charge in [-0.2, -0.15) is 0 Å². The van der Waals surface area contributed by atoms with Gasteiger partial charge >= 0.3 is 0 Å². The molecule has 2 heterocycles. The summed E-state index contributed by atoms with van der Waals surface area (Å²) in [5.41, 5.74) is 0.966. The van der Waals surface area contributed by atoms with Crippen LogP contribution in [0.5, 0.6) is 0 Å². The Bertz CT molecular complexity index is 675. The Morgan fingerprint density at radius 2 is 1.83 bits per heavy atom. The zero-order valence-electron chi connectivity index (χ0n) is 13.2. The van der Waals surface area contributed by atoms with Gasteiger partial charge in [0.25, 0.3) is 0 Å². The first-order chi connectivity index (χ1) is 11.7. The maximum absolute atomic E-state index is 13.3. The molecular formula is C17H19FN4OS. The molecule has 0 bridgehead atoms. The van der Waals surface area contributed by atoms with E-state index in [1.54, 1.807) is 18.5 Å². The number of rotatable bonds is 4. The zero-order chi connectivity index (χ0) is 16.8. The van der Waals surface area contributed by atoms with Crippen molar-refractivity contribution in [2.75, 3.05) is 25.1 Å². The molecule has 24 heavy (non-hydrogen) atoms. The number of aromatic nitrogens is 2. The summed E-state index contributed by atoms with van der Waals surface area (Å²) in [6.45, 7) is 2.00. The third kappa shape index (κ3) is 4.04. The van der Waals surface area contributed by atoms with E-state index in [0.717, 1.165) is 18.4 Å². The fourth-order valence-electron chi connectivity index (χ4n) is 2.89. The number of hydrogen-bond acceptors (Lipinski definition) is 4. The van der Waals surface area contributed by atoms with Crippen LogP contribution in [-0.4, -0.2) is 34.8 Å². The summed E-state index contributed by atoms with van der Waals surface area (Å²) in [7, 11) is 0. The lowest BCUT2D eigenvalue weighted by Crippen LogP contribution is -2.45. The molecule has 1 aromatic carbocycles. The topological polar surface area (TPSA) is 59.1 Å². The standard InChI is InChI=1S/C17H19FN4OS/c18-14-4-2-13(3-5-14)17(6-10-23-11-7-17)12-21-16(24)22-15-19-8-1-9-20-15/h1-5,8-9H,6-7,10-12H2,(H2,19,20,21,22,24). The normalized spacial score (nSPS) is 16.4. The molecule has 0 radical (unpaired) electrons. The summed E-state index contributed by atoms with van der Waals surface area (Å²) in [6.07, 6.45) is 5.01. The number of nitrogens with one attached hydrogen (secondary N) is 2. The predicted molar refractivity (Wildman–Crippen MR) is 94.4 cm³/mol. The van der Waals surface area contributed by atoms with E-state index >= 15 is 0 Å². The van der Waals surface area contributed by atoms with E-state index in [0.29, 0.717) is 30.8 Å². The lowest BCUT2D eigenvalue weighted by Gasteiger charge is -2.38. The molecule has 1 saturated heterocycles. The number of benzene rings is 1. The van der Waals surface area contributed by atoms with Gasteiger partial charge in [0.05, 0.1) is 0 Å². The molecule has 7 heteroatoms. The van der Waals surface area contributed by atoms with Crippen molar-refractivity contribution in [3.63, 3.8) is 0 Å². The molecule has 0 aliphatic carbocycles. The quantitative estimate of drug-likeness (QED) is 0.830. The first-order valence-corrected chi connectivity index (χ1v) is 8.24. The van der Waals surface area contributed by atoms with Crippen LogP contribution in [0.2, 0.25) is 0 Å². The van der Waals surface area contributed by atoms with Gasteiger partial charge in [-0.05, 0) is 48.8 Å². The summed E-state index contributed by atoms with van der Waals surface area (Å²) in [5.74, 6) is 0.227. The lowest BCUT2D eigenvalue weighted by molar-refractivity contribution is 0.0515. The van der Waals surface area contributed by atoms with Crippen molar-refractivity contribution in [2.45, 2.75) is 18.3 Å². The number of hydrogen-bond donors (Lipinski definition) is 2. The van der Waals surface area contributed by atoms with Gasteiger partial charge < -0.3 is 15.4 Å². The molecule has 1 aliphatic heterocycles. The van der Waals surface area contributed by atoms with Crippen LogP contribution in [0.4, 0.5) is 10.3 Å². The number of nitrogens with zero attached hydrogens (tertiary/aromatic N) is 2. The van der Waals surface area contributed by atoms with E-state index in [1.807, 2.05) is 12.1 Å². The van der Waals surface area contributed by atoms with E-state index < -0.39 is 0 Å². The summed E-state index contributed by atoms with van der Waals surface area (Å²) in [4.78, 5) is 8.17. The SMILES string of the molecule is Fc1ccc(C2(CNC(=S)Nc3ncccn3)CCOCC2)cc1. The summed E-state index contributed by atoms with van der Waals surface area (Å²) in [6, 6.07) is 8.44. The number of ether oxygens (including phenoxy) is 1. The smallest absolute Gasteiger partial charge is 0.228 e. The van der Waals surface area contributed by atoms with Gasteiger partial charge in [-0.3, -0.25) is 0 Å². The van der Waals surface area contributed by atoms with Crippen LogP contribution < -0.4 is 10.6 Å². The minimum absolute atomic E-state index is 0.130. The molecule has 0 atom stereocenters. The van der Waals surface area contributed by atoms with Crippen molar-refractivity contribution >= 4 is 23.3 Å². The second-order valence-corrected chi connectivity index (χ2v) is 6.19. The molecule has 0 spiro atoms. The monoisotopic (exact) mass is 346 g/mol. The van der Waals surface area contributed by atoms with Crippen LogP contribution in [0.15, 0.2) is 42.7 Å². The van der Waals surface area contributed by atoms with E-state index in [-0.39, 0.29) is 11.2 Å². The predicted octanol–water partition coefficient (Wildman–Crippen LogP) is 2.65. The third-order valence-corrected chi connectivity index (χ3v) is 4.53. The van der Waals surface area contributed by atoms with Crippen molar-refractivity contribution < 1.29 is 9.13 Å². The maximum atomic E-state index is 13.3. The molecule has 0 amide bonds. The van der Waals surface area contributed by atoms with Crippen LogP contribution in [0.3, 0.4) is 0 Å². The number of halogens is 1. The Kier molecular flexibility index (Phi) is 5.32. The Morgan fingerprint density at radius 1 is 1.17 bits per heavy atom. The van der Waals surface area contributed by atoms with Gasteiger partial charge in [0.2, 0.25) is 5.95 Å². The second-order valence-electron chi connectivity index (χ2n) is 5.78. The lowest BCUT2D eigenvalue weighted by atomic mass is 9.74. The fraction of sp³-hybridized carbons (Fsp3) is 0.353. The van der Waals surface area contributed by atoms with Gasteiger partial charge in [-0.25, -0.2) is 14.4 Å². The highest BCUT2D eigenvalue weighted by Gasteiger charge is 2.34. The summed E-state index contributed by atoms with van der Waals surface area (Å²) >= 11 is 5.33. The van der Waals surface area contributed by atoms with Crippen molar-refractivity contribution in [1.82, 2.24) is 15.3 Å². The highest BCUT2D eigenvalue weighted by atomic mass is 32.1. The van der Waals surface area contributed by atoms with Gasteiger partial charge in [0.1, 0.15) is 5.82 Å². The Morgan fingerprint density at radius 3 is 2.50 bits per heavy atom. The molecule has 1 fully saturated rings. The molecule has 3 rings (SSSR count). The molecule has 2 N–H and O–H groups in total. The molecule has 0 unspecified atom stereocenters. The molecule has 1 aliphatic rings. The Labute approximate surface area is 145 Å². The van der Waals surface area contributed by atoms with Crippen LogP contribution >= 0.6 is 12.2 Å². The van der Waals surface area contributed by atoms with Crippen LogP contribution in [0, 0.1) is 5.82 Å². The highest BCUT2D eigenvalue weighted by Crippen LogP contribution is 2.34. The van der Waals surface area contributed by atoms with Crippen molar-refractivity contribution in [3.05, 3.63) is 54.1 Å². The second kappa shape index (κ2) is 7.63. The fourth-order valence-corrected chi connectivity index (χ4v) is 3.06. The number of thiocarbonyl (C=S) groups is 1. The van der Waals surface area contributed by atoms with E-state index in [2.05, 4.69) is 20.6 Å². The summed E-state index contributed by atoms with van der Waals surface area (Å²) < 4.78 is 18.8. The first-order valence-electron chi connectivity index (χ1n) is 7.84. The summed E-state index contributed by atoms with van der Waals surface area (Å²) in [5, 5.41) is 6.68. The van der Waals surface area contributed by atoms with E-state index in [9.17, 15) is 4.39 Å². The molecule has 0 saturated carbocycles. The van der Waals surface area contributed by atoms with Crippen LogP contribution in [0.1, 0.15) is 18.4 Å². The van der Waals surface area contributed by atoms with E-state index in [4.69, 9.17) is 17.0 Å². The third-order valence-electron chi connectivity index (χ3n) is 4.28. The highest BCUT2D eigenvalue weighted by molar-refractivity contribution is 7.80. The minimum Gasteiger partial charge on any atom is -0.381 e. The molecule has 126 valence electrons. The van der Waals surface area contributed by atoms with Gasteiger partial charge in [-0.15, -0.1) is 0 Å². The Balaban J connectivity index is 1.68. The van der Waals surface area contributed by atoms with Crippen LogP contribution in [-0.2, 0) is 10.2 Å². The molecule has 5 nitrogen and oxygen atoms in total. The van der Waals surface area contributed by atoms with Gasteiger partial charge in [-0.1, -0.05) is 12.1 Å².